The Balaban J connectivity index is 2.20. The lowest BCUT2D eigenvalue weighted by atomic mass is 10.2. The van der Waals surface area contributed by atoms with Crippen LogP contribution in [0.15, 0.2) is 51.4 Å². The van der Waals surface area contributed by atoms with Crippen LogP contribution in [0.5, 0.6) is 5.75 Å². The Kier molecular flexibility index (Phi) is 4.96. The molecule has 0 fully saturated rings. The molecule has 5 heteroatoms. The third-order valence-corrected chi connectivity index (χ3v) is 3.86. The largest absolute Gasteiger partial charge is 0.488 e. The number of nitrogens with two attached hydrogens (primary N) is 1. The summed E-state index contributed by atoms with van der Waals surface area (Å²) in [6, 6.07) is 13.6. The summed E-state index contributed by atoms with van der Waals surface area (Å²) in [6.07, 6.45) is 0. The van der Waals surface area contributed by atoms with Crippen LogP contribution in [-0.2, 0) is 6.61 Å². The van der Waals surface area contributed by atoms with Gasteiger partial charge in [0.25, 0.3) is 0 Å². The maximum atomic E-state index is 5.80. The summed E-state index contributed by atoms with van der Waals surface area (Å²) >= 11 is 11.9. The standard InChI is InChI=1S/C14H11Br2NOS/c15-10-4-1-3-9(7-10)8-18-12-6-2-5-11(16)13(12)14(17)19/h1-7H,8H2,(H2,17,19). The molecule has 0 atom stereocenters. The van der Waals surface area contributed by atoms with Gasteiger partial charge in [0.2, 0.25) is 0 Å². The van der Waals surface area contributed by atoms with Gasteiger partial charge in [-0.25, -0.2) is 0 Å². The Bertz CT molecular complexity index is 616. The van der Waals surface area contributed by atoms with Gasteiger partial charge < -0.3 is 10.5 Å². The van der Waals surface area contributed by atoms with Crippen LogP contribution in [0.25, 0.3) is 0 Å². The summed E-state index contributed by atoms with van der Waals surface area (Å²) in [6.45, 7) is 0.464. The Hall–Kier alpha value is -0.910. The first-order valence-electron chi connectivity index (χ1n) is 5.53. The Morgan fingerprint density at radius 2 is 1.89 bits per heavy atom. The van der Waals surface area contributed by atoms with E-state index in [1.165, 1.54) is 0 Å². The highest BCUT2D eigenvalue weighted by atomic mass is 79.9. The molecule has 0 amide bonds. The number of halogens is 2. The van der Waals surface area contributed by atoms with E-state index in [-0.39, 0.29) is 0 Å². The number of rotatable bonds is 4. The quantitative estimate of drug-likeness (QED) is 0.771. The highest BCUT2D eigenvalue weighted by molar-refractivity contribution is 9.10. The van der Waals surface area contributed by atoms with Gasteiger partial charge in [0.15, 0.2) is 0 Å². The van der Waals surface area contributed by atoms with Crippen molar-refractivity contribution in [2.24, 2.45) is 5.73 Å². The molecule has 0 spiro atoms. The summed E-state index contributed by atoms with van der Waals surface area (Å²) in [5.41, 5.74) is 7.52. The second kappa shape index (κ2) is 6.50. The van der Waals surface area contributed by atoms with E-state index in [2.05, 4.69) is 31.9 Å². The fourth-order valence-electron chi connectivity index (χ4n) is 1.65. The van der Waals surface area contributed by atoms with Crippen LogP contribution in [0.4, 0.5) is 0 Å². The van der Waals surface area contributed by atoms with E-state index in [9.17, 15) is 0 Å². The average Bonchev–Trinajstić information content (AvgIpc) is 2.36. The Morgan fingerprint density at radius 1 is 1.16 bits per heavy atom. The monoisotopic (exact) mass is 399 g/mol. The molecule has 0 bridgehead atoms. The lowest BCUT2D eigenvalue weighted by Gasteiger charge is -2.12. The van der Waals surface area contributed by atoms with E-state index >= 15 is 0 Å². The van der Waals surface area contributed by atoms with E-state index in [4.69, 9.17) is 22.7 Å². The first-order chi connectivity index (χ1) is 9.08. The molecule has 2 rings (SSSR count). The van der Waals surface area contributed by atoms with Crippen molar-refractivity contribution < 1.29 is 4.74 Å². The zero-order chi connectivity index (χ0) is 13.8. The summed E-state index contributed by atoms with van der Waals surface area (Å²) in [5.74, 6) is 0.682. The van der Waals surface area contributed by atoms with Crippen molar-refractivity contribution in [3.8, 4) is 5.75 Å². The molecule has 2 aromatic carbocycles. The van der Waals surface area contributed by atoms with Crippen LogP contribution in [0.1, 0.15) is 11.1 Å². The third-order valence-electron chi connectivity index (χ3n) is 2.51. The van der Waals surface area contributed by atoms with Gasteiger partial charge in [0.1, 0.15) is 17.3 Å². The van der Waals surface area contributed by atoms with Crippen LogP contribution in [0.2, 0.25) is 0 Å². The van der Waals surface area contributed by atoms with Crippen LogP contribution in [0, 0.1) is 0 Å². The minimum absolute atomic E-state index is 0.316. The summed E-state index contributed by atoms with van der Waals surface area (Å²) < 4.78 is 7.67. The zero-order valence-electron chi connectivity index (χ0n) is 9.90. The molecule has 0 aromatic heterocycles. The lowest BCUT2D eigenvalue weighted by molar-refractivity contribution is 0.305. The van der Waals surface area contributed by atoms with Crippen LogP contribution >= 0.6 is 44.1 Å². The van der Waals surface area contributed by atoms with E-state index in [1.54, 1.807) is 0 Å². The SMILES string of the molecule is NC(=S)c1c(Br)cccc1OCc1cccc(Br)c1. The predicted octanol–water partition coefficient (Wildman–Crippen LogP) is 4.42. The molecule has 2 N–H and O–H groups in total. The first kappa shape index (κ1) is 14.5. The molecule has 19 heavy (non-hydrogen) atoms. The molecular formula is C14H11Br2NOS. The number of benzene rings is 2. The normalized spacial score (nSPS) is 10.2. The van der Waals surface area contributed by atoms with Crippen molar-refractivity contribution in [3.63, 3.8) is 0 Å². The molecule has 2 nitrogen and oxygen atoms in total. The molecular weight excluding hydrogens is 390 g/mol. The van der Waals surface area contributed by atoms with Gasteiger partial charge in [-0.3, -0.25) is 0 Å². The molecule has 0 heterocycles. The molecule has 0 saturated heterocycles. The topological polar surface area (TPSA) is 35.2 Å². The Labute approximate surface area is 134 Å². The maximum Gasteiger partial charge on any atom is 0.131 e. The molecule has 98 valence electrons. The predicted molar refractivity (Wildman–Crippen MR) is 88.5 cm³/mol. The van der Waals surface area contributed by atoms with Crippen molar-refractivity contribution >= 4 is 49.1 Å². The number of ether oxygens (including phenoxy) is 1. The summed E-state index contributed by atoms with van der Waals surface area (Å²) in [5, 5.41) is 0. The molecule has 0 unspecified atom stereocenters. The van der Waals surface area contributed by atoms with Gasteiger partial charge in [0.05, 0.1) is 5.56 Å². The lowest BCUT2D eigenvalue weighted by Crippen LogP contribution is -2.12. The fraction of sp³-hybridized carbons (Fsp3) is 0.0714. The number of hydrogen-bond donors (Lipinski definition) is 1. The van der Waals surface area contributed by atoms with Crippen LogP contribution < -0.4 is 10.5 Å². The van der Waals surface area contributed by atoms with Gasteiger partial charge in [0, 0.05) is 8.95 Å². The minimum atomic E-state index is 0.316. The molecule has 0 aliphatic carbocycles. The zero-order valence-corrected chi connectivity index (χ0v) is 13.9. The van der Waals surface area contributed by atoms with Crippen molar-refractivity contribution in [1.29, 1.82) is 0 Å². The highest BCUT2D eigenvalue weighted by Crippen LogP contribution is 2.27. The van der Waals surface area contributed by atoms with E-state index in [0.29, 0.717) is 17.3 Å². The van der Waals surface area contributed by atoms with Crippen LogP contribution in [-0.4, -0.2) is 4.99 Å². The van der Waals surface area contributed by atoms with Crippen molar-refractivity contribution in [1.82, 2.24) is 0 Å². The Morgan fingerprint density at radius 3 is 2.58 bits per heavy atom. The summed E-state index contributed by atoms with van der Waals surface area (Å²) in [4.78, 5) is 0.316. The molecule has 0 radical (unpaired) electrons. The fourth-order valence-corrected chi connectivity index (χ4v) is 3.00. The van der Waals surface area contributed by atoms with Gasteiger partial charge in [-0.1, -0.05) is 46.3 Å². The van der Waals surface area contributed by atoms with E-state index in [0.717, 1.165) is 20.1 Å². The van der Waals surface area contributed by atoms with Gasteiger partial charge in [-0.15, -0.1) is 0 Å². The molecule has 0 aliphatic heterocycles. The highest BCUT2D eigenvalue weighted by Gasteiger charge is 2.10. The van der Waals surface area contributed by atoms with Crippen molar-refractivity contribution in [2.75, 3.05) is 0 Å². The van der Waals surface area contributed by atoms with E-state index < -0.39 is 0 Å². The van der Waals surface area contributed by atoms with E-state index in [1.807, 2.05) is 42.5 Å². The molecule has 0 aliphatic rings. The average molecular weight is 401 g/mol. The van der Waals surface area contributed by atoms with Crippen molar-refractivity contribution in [3.05, 3.63) is 62.5 Å². The third kappa shape index (κ3) is 3.78. The van der Waals surface area contributed by atoms with Crippen molar-refractivity contribution in [2.45, 2.75) is 6.61 Å². The maximum absolute atomic E-state index is 5.80. The smallest absolute Gasteiger partial charge is 0.131 e. The van der Waals surface area contributed by atoms with Gasteiger partial charge >= 0.3 is 0 Å². The number of hydrogen-bond acceptors (Lipinski definition) is 2. The van der Waals surface area contributed by atoms with Crippen LogP contribution in [0.3, 0.4) is 0 Å². The minimum Gasteiger partial charge on any atom is -0.488 e. The molecule has 0 saturated carbocycles. The van der Waals surface area contributed by atoms with Gasteiger partial charge in [-0.2, -0.15) is 0 Å². The second-order valence-electron chi connectivity index (χ2n) is 3.90. The summed E-state index contributed by atoms with van der Waals surface area (Å²) in [7, 11) is 0. The number of thiocarbonyl (C=S) groups is 1. The second-order valence-corrected chi connectivity index (χ2v) is 6.11. The molecule has 2 aromatic rings. The van der Waals surface area contributed by atoms with Gasteiger partial charge in [-0.05, 0) is 45.8 Å². The first-order valence-corrected chi connectivity index (χ1v) is 7.53.